The number of aromatic nitrogens is 2. The molecule has 1 N–H and O–H groups in total. The Labute approximate surface area is 103 Å². The van der Waals surface area contributed by atoms with Crippen molar-refractivity contribution >= 4 is 11.6 Å². The predicted molar refractivity (Wildman–Crippen MR) is 70.6 cm³/mol. The third-order valence-electron chi connectivity index (χ3n) is 2.43. The summed E-state index contributed by atoms with van der Waals surface area (Å²) in [6, 6.07) is 1.97. The van der Waals surface area contributed by atoms with Crippen molar-refractivity contribution in [1.29, 1.82) is 0 Å². The van der Waals surface area contributed by atoms with Crippen molar-refractivity contribution < 1.29 is 4.74 Å². The average Bonchev–Trinajstić information content (AvgIpc) is 2.35. The van der Waals surface area contributed by atoms with Crippen LogP contribution in [0.4, 0.5) is 11.6 Å². The highest BCUT2D eigenvalue weighted by atomic mass is 16.5. The van der Waals surface area contributed by atoms with Gasteiger partial charge < -0.3 is 15.0 Å². The van der Waals surface area contributed by atoms with Crippen LogP contribution in [0, 0.1) is 0 Å². The molecule has 5 nitrogen and oxygen atoms in total. The van der Waals surface area contributed by atoms with Crippen molar-refractivity contribution in [2.75, 3.05) is 43.1 Å². The number of likely N-dealkylation sites (N-methyl/N-ethyl adjacent to an activating group) is 1. The second kappa shape index (κ2) is 7.84. The van der Waals surface area contributed by atoms with Crippen molar-refractivity contribution in [3.05, 3.63) is 12.4 Å². The summed E-state index contributed by atoms with van der Waals surface area (Å²) in [5.41, 5.74) is 0. The van der Waals surface area contributed by atoms with Gasteiger partial charge in [-0.15, -0.1) is 0 Å². The van der Waals surface area contributed by atoms with Gasteiger partial charge in [0.15, 0.2) is 0 Å². The Morgan fingerprint density at radius 3 is 2.76 bits per heavy atom. The minimum absolute atomic E-state index is 0.727. The minimum atomic E-state index is 0.727. The topological polar surface area (TPSA) is 50.3 Å². The third kappa shape index (κ3) is 4.56. The van der Waals surface area contributed by atoms with Gasteiger partial charge in [-0.05, 0) is 20.8 Å². The number of hydrogen-bond donors (Lipinski definition) is 1. The molecule has 0 spiro atoms. The van der Waals surface area contributed by atoms with Gasteiger partial charge in [-0.25, -0.2) is 9.97 Å². The Balaban J connectivity index is 2.63. The second-order valence-electron chi connectivity index (χ2n) is 3.57. The zero-order chi connectivity index (χ0) is 12.5. The van der Waals surface area contributed by atoms with Crippen LogP contribution in [0.5, 0.6) is 0 Å². The van der Waals surface area contributed by atoms with Crippen molar-refractivity contribution in [3.63, 3.8) is 0 Å². The Bertz CT molecular complexity index is 319. The molecule has 0 saturated heterocycles. The molecule has 0 atom stereocenters. The molecule has 0 radical (unpaired) electrons. The standard InChI is InChI=1S/C12H22N4O/c1-4-13-11-9-12(15-10-14-11)16(5-2)7-8-17-6-3/h9-10H,4-8H2,1-3H3,(H,13,14,15). The van der Waals surface area contributed by atoms with Gasteiger partial charge >= 0.3 is 0 Å². The lowest BCUT2D eigenvalue weighted by molar-refractivity contribution is 0.154. The summed E-state index contributed by atoms with van der Waals surface area (Å²) in [5, 5.41) is 3.19. The molecule has 0 amide bonds. The molecular formula is C12H22N4O. The predicted octanol–water partition coefficient (Wildman–Crippen LogP) is 1.77. The van der Waals surface area contributed by atoms with E-state index in [1.165, 1.54) is 0 Å². The van der Waals surface area contributed by atoms with Crippen LogP contribution in [0.25, 0.3) is 0 Å². The molecule has 0 aliphatic carbocycles. The second-order valence-corrected chi connectivity index (χ2v) is 3.57. The van der Waals surface area contributed by atoms with Crippen LogP contribution < -0.4 is 10.2 Å². The number of hydrogen-bond acceptors (Lipinski definition) is 5. The first-order chi connectivity index (χ1) is 8.31. The van der Waals surface area contributed by atoms with E-state index in [2.05, 4.69) is 34.0 Å². The molecule has 0 aliphatic heterocycles. The highest BCUT2D eigenvalue weighted by molar-refractivity contribution is 5.48. The summed E-state index contributed by atoms with van der Waals surface area (Å²) >= 11 is 0. The lowest BCUT2D eigenvalue weighted by Crippen LogP contribution is -2.28. The van der Waals surface area contributed by atoms with Crippen LogP contribution in [0.15, 0.2) is 12.4 Å². The lowest BCUT2D eigenvalue weighted by Gasteiger charge is -2.21. The van der Waals surface area contributed by atoms with Crippen LogP contribution in [0.3, 0.4) is 0 Å². The number of rotatable bonds is 8. The van der Waals surface area contributed by atoms with E-state index < -0.39 is 0 Å². The average molecular weight is 238 g/mol. The summed E-state index contributed by atoms with van der Waals surface area (Å²) in [7, 11) is 0. The fourth-order valence-electron chi connectivity index (χ4n) is 1.55. The Morgan fingerprint density at radius 1 is 1.29 bits per heavy atom. The van der Waals surface area contributed by atoms with E-state index >= 15 is 0 Å². The Kier molecular flexibility index (Phi) is 6.32. The summed E-state index contributed by atoms with van der Waals surface area (Å²) < 4.78 is 5.36. The summed E-state index contributed by atoms with van der Waals surface area (Å²) in [4.78, 5) is 10.6. The molecule has 0 aromatic carbocycles. The Morgan fingerprint density at radius 2 is 2.12 bits per heavy atom. The fraction of sp³-hybridized carbons (Fsp3) is 0.667. The van der Waals surface area contributed by atoms with Crippen molar-refractivity contribution in [2.24, 2.45) is 0 Å². The van der Waals surface area contributed by atoms with Crippen LogP contribution in [-0.2, 0) is 4.74 Å². The van der Waals surface area contributed by atoms with Gasteiger partial charge in [-0.1, -0.05) is 0 Å². The first-order valence-electron chi connectivity index (χ1n) is 6.20. The summed E-state index contributed by atoms with van der Waals surface area (Å²) in [5.74, 6) is 1.81. The van der Waals surface area contributed by atoms with E-state index in [-0.39, 0.29) is 0 Å². The maximum Gasteiger partial charge on any atom is 0.134 e. The van der Waals surface area contributed by atoms with Crippen molar-refractivity contribution in [3.8, 4) is 0 Å². The maximum absolute atomic E-state index is 5.36. The zero-order valence-electron chi connectivity index (χ0n) is 10.9. The molecule has 0 bridgehead atoms. The number of nitrogens with one attached hydrogen (secondary N) is 1. The summed E-state index contributed by atoms with van der Waals surface area (Å²) in [6.07, 6.45) is 1.59. The van der Waals surface area contributed by atoms with Gasteiger partial charge in [-0.2, -0.15) is 0 Å². The van der Waals surface area contributed by atoms with Crippen LogP contribution in [-0.4, -0.2) is 42.8 Å². The van der Waals surface area contributed by atoms with Crippen LogP contribution >= 0.6 is 0 Å². The molecule has 5 heteroatoms. The molecule has 1 aromatic heterocycles. The maximum atomic E-state index is 5.36. The molecule has 1 rings (SSSR count). The van der Waals surface area contributed by atoms with Gasteiger partial charge in [0, 0.05) is 32.3 Å². The van der Waals surface area contributed by atoms with E-state index in [1.54, 1.807) is 6.33 Å². The molecule has 1 aromatic rings. The molecule has 1 heterocycles. The van der Waals surface area contributed by atoms with E-state index in [1.807, 2.05) is 13.0 Å². The highest BCUT2D eigenvalue weighted by Crippen LogP contribution is 2.13. The lowest BCUT2D eigenvalue weighted by atomic mass is 10.4. The molecule has 0 fully saturated rings. The van der Waals surface area contributed by atoms with Crippen molar-refractivity contribution in [1.82, 2.24) is 9.97 Å². The smallest absolute Gasteiger partial charge is 0.134 e. The van der Waals surface area contributed by atoms with E-state index in [4.69, 9.17) is 4.74 Å². The van der Waals surface area contributed by atoms with Gasteiger partial charge in [0.2, 0.25) is 0 Å². The van der Waals surface area contributed by atoms with E-state index in [0.717, 1.165) is 44.5 Å². The molecule has 0 unspecified atom stereocenters. The normalized spacial score (nSPS) is 10.3. The third-order valence-corrected chi connectivity index (χ3v) is 2.43. The molecular weight excluding hydrogens is 216 g/mol. The molecule has 0 saturated carbocycles. The monoisotopic (exact) mass is 238 g/mol. The van der Waals surface area contributed by atoms with Gasteiger partial charge in [0.1, 0.15) is 18.0 Å². The quantitative estimate of drug-likeness (QED) is 0.699. The first-order valence-corrected chi connectivity index (χ1v) is 6.20. The highest BCUT2D eigenvalue weighted by Gasteiger charge is 2.06. The van der Waals surface area contributed by atoms with Gasteiger partial charge in [0.25, 0.3) is 0 Å². The minimum Gasteiger partial charge on any atom is -0.380 e. The van der Waals surface area contributed by atoms with Crippen LogP contribution in [0.1, 0.15) is 20.8 Å². The largest absolute Gasteiger partial charge is 0.380 e. The number of nitrogens with zero attached hydrogens (tertiary/aromatic N) is 3. The SMILES string of the molecule is CCNc1cc(N(CC)CCOCC)ncn1. The van der Waals surface area contributed by atoms with Gasteiger partial charge in [-0.3, -0.25) is 0 Å². The number of ether oxygens (including phenoxy) is 1. The van der Waals surface area contributed by atoms with E-state index in [9.17, 15) is 0 Å². The first kappa shape index (κ1) is 13.7. The van der Waals surface area contributed by atoms with E-state index in [0.29, 0.717) is 0 Å². The van der Waals surface area contributed by atoms with Gasteiger partial charge in [0.05, 0.1) is 6.61 Å². The molecule has 96 valence electrons. The molecule has 0 aliphatic rings. The van der Waals surface area contributed by atoms with Crippen LogP contribution in [0.2, 0.25) is 0 Å². The zero-order valence-corrected chi connectivity index (χ0v) is 10.9. The van der Waals surface area contributed by atoms with Crippen molar-refractivity contribution in [2.45, 2.75) is 20.8 Å². The number of anilines is 2. The molecule has 17 heavy (non-hydrogen) atoms. The summed E-state index contributed by atoms with van der Waals surface area (Å²) in [6.45, 7) is 10.3. The fourth-order valence-corrected chi connectivity index (χ4v) is 1.55. The Hall–Kier alpha value is -1.36.